The highest BCUT2D eigenvalue weighted by atomic mass is 16.5. The Morgan fingerprint density at radius 3 is 2.73 bits per heavy atom. The first-order valence-corrected chi connectivity index (χ1v) is 5.73. The lowest BCUT2D eigenvalue weighted by molar-refractivity contribution is -0.155. The topological polar surface area (TPSA) is 55.8 Å². The van der Waals surface area contributed by atoms with Gasteiger partial charge in [0.1, 0.15) is 0 Å². The Morgan fingerprint density at radius 2 is 2.20 bits per heavy atom. The first kappa shape index (κ1) is 10.9. The lowest BCUT2D eigenvalue weighted by Crippen LogP contribution is -2.32. The van der Waals surface area contributed by atoms with E-state index < -0.39 is 12.1 Å². The number of hydrogen-bond donors (Lipinski definition) is 1. The third-order valence-corrected chi connectivity index (χ3v) is 3.03. The van der Waals surface area contributed by atoms with Crippen LogP contribution in [0.2, 0.25) is 0 Å². The standard InChI is InChI=1S/C11H18O4/c12-11(13)10(8-4-5-8)15-7-9-3-1-2-6-14-9/h8-10H,1-7H2,(H,12,13). The van der Waals surface area contributed by atoms with E-state index in [0.717, 1.165) is 38.7 Å². The number of rotatable bonds is 5. The van der Waals surface area contributed by atoms with Gasteiger partial charge >= 0.3 is 5.97 Å². The van der Waals surface area contributed by atoms with Crippen LogP contribution in [0.3, 0.4) is 0 Å². The summed E-state index contributed by atoms with van der Waals surface area (Å²) in [6.07, 6.45) is 4.76. The molecule has 0 spiro atoms. The van der Waals surface area contributed by atoms with Crippen LogP contribution < -0.4 is 0 Å². The van der Waals surface area contributed by atoms with Gasteiger partial charge in [0.25, 0.3) is 0 Å². The zero-order valence-corrected chi connectivity index (χ0v) is 8.85. The van der Waals surface area contributed by atoms with Crippen molar-refractivity contribution in [2.45, 2.75) is 44.3 Å². The molecule has 2 rings (SSSR count). The highest BCUT2D eigenvalue weighted by Crippen LogP contribution is 2.34. The highest BCUT2D eigenvalue weighted by molar-refractivity contribution is 5.73. The largest absolute Gasteiger partial charge is 0.479 e. The summed E-state index contributed by atoms with van der Waals surface area (Å²) in [5.41, 5.74) is 0. The minimum atomic E-state index is -0.826. The molecule has 2 unspecified atom stereocenters. The molecule has 4 heteroatoms. The molecule has 1 heterocycles. The minimum absolute atomic E-state index is 0.111. The van der Waals surface area contributed by atoms with Crippen LogP contribution in [0, 0.1) is 5.92 Å². The average molecular weight is 214 g/mol. The van der Waals surface area contributed by atoms with Crippen molar-refractivity contribution in [2.24, 2.45) is 5.92 Å². The van der Waals surface area contributed by atoms with Crippen molar-refractivity contribution in [2.75, 3.05) is 13.2 Å². The Hall–Kier alpha value is -0.610. The zero-order chi connectivity index (χ0) is 10.7. The number of hydrogen-bond acceptors (Lipinski definition) is 3. The number of carboxylic acids is 1. The van der Waals surface area contributed by atoms with Gasteiger partial charge in [-0.3, -0.25) is 0 Å². The van der Waals surface area contributed by atoms with Crippen LogP contribution in [0.25, 0.3) is 0 Å². The Bertz CT molecular complexity index is 219. The van der Waals surface area contributed by atoms with Crippen LogP contribution in [-0.4, -0.2) is 36.5 Å². The third kappa shape index (κ3) is 3.18. The van der Waals surface area contributed by atoms with Crippen molar-refractivity contribution in [3.63, 3.8) is 0 Å². The molecular weight excluding hydrogens is 196 g/mol. The van der Waals surface area contributed by atoms with Crippen molar-refractivity contribution in [1.29, 1.82) is 0 Å². The van der Waals surface area contributed by atoms with Gasteiger partial charge in [-0.2, -0.15) is 0 Å². The second-order valence-electron chi connectivity index (χ2n) is 4.42. The Labute approximate surface area is 89.6 Å². The van der Waals surface area contributed by atoms with Crippen LogP contribution in [0.15, 0.2) is 0 Å². The van der Waals surface area contributed by atoms with Gasteiger partial charge in [0.05, 0.1) is 12.7 Å². The molecule has 1 aliphatic heterocycles. The smallest absolute Gasteiger partial charge is 0.333 e. The molecule has 15 heavy (non-hydrogen) atoms. The molecule has 86 valence electrons. The second-order valence-corrected chi connectivity index (χ2v) is 4.42. The van der Waals surface area contributed by atoms with Crippen molar-refractivity contribution in [3.05, 3.63) is 0 Å². The number of ether oxygens (including phenoxy) is 2. The SMILES string of the molecule is O=C(O)C(OCC1CCCCO1)C1CC1. The van der Waals surface area contributed by atoms with Crippen LogP contribution in [0.1, 0.15) is 32.1 Å². The van der Waals surface area contributed by atoms with E-state index in [4.69, 9.17) is 14.6 Å². The van der Waals surface area contributed by atoms with E-state index in [0.29, 0.717) is 6.61 Å². The average Bonchev–Trinajstić information content (AvgIpc) is 3.03. The first-order chi connectivity index (χ1) is 7.27. The molecule has 2 fully saturated rings. The van der Waals surface area contributed by atoms with Crippen LogP contribution in [0.4, 0.5) is 0 Å². The van der Waals surface area contributed by atoms with Crippen molar-refractivity contribution in [3.8, 4) is 0 Å². The van der Waals surface area contributed by atoms with E-state index in [-0.39, 0.29) is 12.0 Å². The van der Waals surface area contributed by atoms with Gasteiger partial charge in [-0.15, -0.1) is 0 Å². The summed E-state index contributed by atoms with van der Waals surface area (Å²) in [4.78, 5) is 10.9. The maximum atomic E-state index is 10.9. The summed E-state index contributed by atoms with van der Waals surface area (Å²) in [6, 6.07) is 0. The number of carboxylic acid groups (broad SMARTS) is 1. The lowest BCUT2D eigenvalue weighted by Gasteiger charge is -2.24. The summed E-state index contributed by atoms with van der Waals surface area (Å²) in [7, 11) is 0. The first-order valence-electron chi connectivity index (χ1n) is 5.73. The van der Waals surface area contributed by atoms with Gasteiger partial charge in [-0.1, -0.05) is 0 Å². The van der Waals surface area contributed by atoms with Crippen LogP contribution in [0.5, 0.6) is 0 Å². The van der Waals surface area contributed by atoms with Gasteiger partial charge in [-0.25, -0.2) is 4.79 Å². The van der Waals surface area contributed by atoms with Gasteiger partial charge in [0.2, 0.25) is 0 Å². The van der Waals surface area contributed by atoms with Crippen molar-refractivity contribution < 1.29 is 19.4 Å². The molecule has 0 aromatic carbocycles. The summed E-state index contributed by atoms with van der Waals surface area (Å²) >= 11 is 0. The van der Waals surface area contributed by atoms with Gasteiger partial charge < -0.3 is 14.6 Å². The predicted octanol–water partition coefficient (Wildman–Crippen LogP) is 1.44. The van der Waals surface area contributed by atoms with E-state index in [1.807, 2.05) is 0 Å². The summed E-state index contributed by atoms with van der Waals surface area (Å²) in [5.74, 6) is -0.584. The maximum absolute atomic E-state index is 10.9. The molecule has 1 N–H and O–H groups in total. The van der Waals surface area contributed by atoms with E-state index in [1.165, 1.54) is 0 Å². The van der Waals surface area contributed by atoms with E-state index >= 15 is 0 Å². The molecule has 0 bridgehead atoms. The number of aliphatic carboxylic acids is 1. The molecule has 2 aliphatic rings. The van der Waals surface area contributed by atoms with E-state index in [9.17, 15) is 4.79 Å². The Kier molecular flexibility index (Phi) is 3.59. The maximum Gasteiger partial charge on any atom is 0.333 e. The van der Waals surface area contributed by atoms with Gasteiger partial charge in [-0.05, 0) is 38.0 Å². The second kappa shape index (κ2) is 4.94. The molecule has 0 amide bonds. The fraction of sp³-hybridized carbons (Fsp3) is 0.909. The van der Waals surface area contributed by atoms with Gasteiger partial charge in [0, 0.05) is 6.61 Å². The molecule has 0 aromatic rings. The normalized spacial score (nSPS) is 28.7. The molecule has 1 saturated carbocycles. The number of carbonyl (C=O) groups is 1. The van der Waals surface area contributed by atoms with Crippen LogP contribution in [-0.2, 0) is 14.3 Å². The van der Waals surface area contributed by atoms with Crippen LogP contribution >= 0.6 is 0 Å². The third-order valence-electron chi connectivity index (χ3n) is 3.03. The fourth-order valence-electron chi connectivity index (χ4n) is 1.96. The quantitative estimate of drug-likeness (QED) is 0.752. The lowest BCUT2D eigenvalue weighted by atomic mass is 10.1. The van der Waals surface area contributed by atoms with Crippen molar-refractivity contribution >= 4 is 5.97 Å². The molecule has 0 radical (unpaired) electrons. The van der Waals surface area contributed by atoms with E-state index in [1.54, 1.807) is 0 Å². The van der Waals surface area contributed by atoms with Gasteiger partial charge in [0.15, 0.2) is 6.10 Å². The minimum Gasteiger partial charge on any atom is -0.479 e. The van der Waals surface area contributed by atoms with E-state index in [2.05, 4.69) is 0 Å². The molecular formula is C11H18O4. The monoisotopic (exact) mass is 214 g/mol. The predicted molar refractivity (Wildman–Crippen MR) is 53.7 cm³/mol. The summed E-state index contributed by atoms with van der Waals surface area (Å²) in [5, 5.41) is 8.95. The Balaban J connectivity index is 1.72. The van der Waals surface area contributed by atoms with Crippen molar-refractivity contribution in [1.82, 2.24) is 0 Å². The zero-order valence-electron chi connectivity index (χ0n) is 8.85. The highest BCUT2D eigenvalue weighted by Gasteiger charge is 2.37. The molecule has 2 atom stereocenters. The molecule has 1 aliphatic carbocycles. The molecule has 4 nitrogen and oxygen atoms in total. The summed E-state index contributed by atoms with van der Waals surface area (Å²) in [6.45, 7) is 1.22. The summed E-state index contributed by atoms with van der Waals surface area (Å²) < 4.78 is 10.9. The fourth-order valence-corrected chi connectivity index (χ4v) is 1.96. The Morgan fingerprint density at radius 1 is 1.40 bits per heavy atom. The molecule has 1 saturated heterocycles. The molecule has 0 aromatic heterocycles.